The lowest BCUT2D eigenvalue weighted by Gasteiger charge is -2.18. The lowest BCUT2D eigenvalue weighted by atomic mass is 9.97. The fourth-order valence-corrected chi connectivity index (χ4v) is 2.66. The maximum absolute atomic E-state index is 12.2. The molecule has 138 valence electrons. The van der Waals surface area contributed by atoms with E-state index in [2.05, 4.69) is 0 Å². The maximum Gasteiger partial charge on any atom is 0.355 e. The molecule has 2 aromatic rings. The Morgan fingerprint density at radius 3 is 1.59 bits per heavy atom. The molecule has 5 nitrogen and oxygen atoms in total. The van der Waals surface area contributed by atoms with E-state index in [-0.39, 0.29) is 5.70 Å². The summed E-state index contributed by atoms with van der Waals surface area (Å²) < 4.78 is 4.75. The summed E-state index contributed by atoms with van der Waals surface area (Å²) in [5, 5.41) is 0. The quantitative estimate of drug-likeness (QED) is 0.463. The molecule has 0 aliphatic heterocycles. The van der Waals surface area contributed by atoms with Crippen molar-refractivity contribution in [2.75, 3.05) is 7.11 Å². The second-order valence-electron chi connectivity index (χ2n) is 5.73. The number of esters is 1. The molecule has 2 rings (SSSR count). The van der Waals surface area contributed by atoms with Gasteiger partial charge in [0.15, 0.2) is 0 Å². The number of carbonyl (C=O) groups is 3. The average molecular weight is 363 g/mol. The molecule has 0 unspecified atom stereocenters. The van der Waals surface area contributed by atoms with Crippen LogP contribution in [0, 0.1) is 0 Å². The fraction of sp³-hybridized carbons (Fsp3) is 0.136. The van der Waals surface area contributed by atoms with Crippen LogP contribution >= 0.6 is 0 Å². The number of hydrogen-bond acceptors (Lipinski definition) is 4. The Morgan fingerprint density at radius 1 is 0.778 bits per heavy atom. The maximum atomic E-state index is 12.2. The highest BCUT2D eigenvalue weighted by Gasteiger charge is 2.25. The molecule has 0 bridgehead atoms. The summed E-state index contributed by atoms with van der Waals surface area (Å²) in [5.41, 5.74) is 2.56. The molecule has 0 spiro atoms. The number of imide groups is 1. The van der Waals surface area contributed by atoms with E-state index in [0.29, 0.717) is 0 Å². The first kappa shape index (κ1) is 19.8. The van der Waals surface area contributed by atoms with Gasteiger partial charge in [-0.25, -0.2) is 9.69 Å². The third-order valence-electron chi connectivity index (χ3n) is 3.84. The van der Waals surface area contributed by atoms with Crippen LogP contribution in [0.1, 0.15) is 25.0 Å². The summed E-state index contributed by atoms with van der Waals surface area (Å²) in [7, 11) is 1.20. The van der Waals surface area contributed by atoms with Crippen LogP contribution in [0.2, 0.25) is 0 Å². The van der Waals surface area contributed by atoms with E-state index in [9.17, 15) is 14.4 Å². The Balaban J connectivity index is 2.63. The summed E-state index contributed by atoms with van der Waals surface area (Å²) in [6, 6.07) is 19.2. The van der Waals surface area contributed by atoms with Gasteiger partial charge in [0.05, 0.1) is 7.11 Å². The van der Waals surface area contributed by atoms with Crippen molar-refractivity contribution in [1.82, 2.24) is 4.90 Å². The van der Waals surface area contributed by atoms with Crippen molar-refractivity contribution in [2.24, 2.45) is 0 Å². The topological polar surface area (TPSA) is 63.7 Å². The Bertz CT molecular complexity index is 828. The molecule has 2 aromatic carbocycles. The molecule has 0 aromatic heterocycles. The zero-order valence-corrected chi connectivity index (χ0v) is 15.5. The van der Waals surface area contributed by atoms with Crippen LogP contribution in [-0.2, 0) is 19.1 Å². The fourth-order valence-electron chi connectivity index (χ4n) is 2.66. The van der Waals surface area contributed by atoms with Crippen molar-refractivity contribution in [3.8, 4) is 0 Å². The Labute approximate surface area is 158 Å². The number of benzene rings is 2. The van der Waals surface area contributed by atoms with Crippen molar-refractivity contribution < 1.29 is 19.1 Å². The van der Waals surface area contributed by atoms with Crippen LogP contribution in [0.5, 0.6) is 0 Å². The minimum atomic E-state index is -0.767. The number of hydrogen-bond donors (Lipinski definition) is 0. The highest BCUT2D eigenvalue weighted by molar-refractivity contribution is 6.04. The standard InChI is InChI=1S/C22H21NO4/c1-16(24)23(17(2)25)21(22(26)27-3)15-14-20(18-10-6-4-7-11-18)19-12-8-5-9-13-19/h4-15H,1-3H3. The van der Waals surface area contributed by atoms with Gasteiger partial charge in [-0.3, -0.25) is 9.59 Å². The Kier molecular flexibility index (Phi) is 6.83. The van der Waals surface area contributed by atoms with E-state index in [1.165, 1.54) is 27.0 Å². The van der Waals surface area contributed by atoms with Crippen LogP contribution < -0.4 is 0 Å². The first-order chi connectivity index (χ1) is 13.0. The van der Waals surface area contributed by atoms with Gasteiger partial charge < -0.3 is 4.74 Å². The third kappa shape index (κ3) is 5.01. The first-order valence-electron chi connectivity index (χ1n) is 8.38. The van der Waals surface area contributed by atoms with E-state index in [1.54, 1.807) is 6.08 Å². The molecule has 0 heterocycles. The summed E-state index contributed by atoms with van der Waals surface area (Å²) in [6.07, 6.45) is 3.14. The summed E-state index contributed by atoms with van der Waals surface area (Å²) in [4.78, 5) is 36.7. The molecule has 0 N–H and O–H groups in total. The summed E-state index contributed by atoms with van der Waals surface area (Å²) in [6.45, 7) is 2.44. The first-order valence-corrected chi connectivity index (χ1v) is 8.38. The average Bonchev–Trinajstić information content (AvgIpc) is 2.67. The minimum Gasteiger partial charge on any atom is -0.464 e. The largest absolute Gasteiger partial charge is 0.464 e. The van der Waals surface area contributed by atoms with Gasteiger partial charge in [-0.15, -0.1) is 0 Å². The van der Waals surface area contributed by atoms with Gasteiger partial charge in [-0.05, 0) is 22.8 Å². The molecule has 0 saturated heterocycles. The Morgan fingerprint density at radius 2 is 1.22 bits per heavy atom. The predicted molar refractivity (Wildman–Crippen MR) is 103 cm³/mol. The molecular weight excluding hydrogens is 342 g/mol. The lowest BCUT2D eigenvalue weighted by molar-refractivity contribution is -0.147. The molecule has 0 atom stereocenters. The zero-order valence-electron chi connectivity index (χ0n) is 15.5. The third-order valence-corrected chi connectivity index (χ3v) is 3.84. The molecule has 0 aliphatic carbocycles. The number of rotatable bonds is 5. The van der Waals surface area contributed by atoms with Gasteiger partial charge in [-0.2, -0.15) is 0 Å². The second kappa shape index (κ2) is 9.29. The van der Waals surface area contributed by atoms with Crippen LogP contribution in [0.15, 0.2) is 78.5 Å². The van der Waals surface area contributed by atoms with Gasteiger partial charge in [0.1, 0.15) is 5.70 Å². The SMILES string of the molecule is COC(=O)C(=CC=C(c1ccccc1)c1ccccc1)N(C(C)=O)C(C)=O. The molecular formula is C22H21NO4. The molecule has 0 radical (unpaired) electrons. The van der Waals surface area contributed by atoms with Crippen LogP contribution in [0.25, 0.3) is 5.57 Å². The second-order valence-corrected chi connectivity index (χ2v) is 5.73. The number of carbonyl (C=O) groups excluding carboxylic acids is 3. The molecule has 5 heteroatoms. The monoisotopic (exact) mass is 363 g/mol. The predicted octanol–water partition coefficient (Wildman–Crippen LogP) is 3.57. The number of amides is 2. The lowest BCUT2D eigenvalue weighted by Crippen LogP contribution is -2.36. The van der Waals surface area contributed by atoms with E-state index >= 15 is 0 Å². The van der Waals surface area contributed by atoms with E-state index in [1.807, 2.05) is 60.7 Å². The zero-order chi connectivity index (χ0) is 19.8. The van der Waals surface area contributed by atoms with Crippen LogP contribution in [-0.4, -0.2) is 29.8 Å². The van der Waals surface area contributed by atoms with Gasteiger partial charge in [0.2, 0.25) is 11.8 Å². The number of ether oxygens (including phenoxy) is 1. The molecule has 2 amide bonds. The molecule has 0 fully saturated rings. The van der Waals surface area contributed by atoms with Crippen LogP contribution in [0.4, 0.5) is 0 Å². The highest BCUT2D eigenvalue weighted by atomic mass is 16.5. The summed E-state index contributed by atoms with van der Waals surface area (Å²) >= 11 is 0. The van der Waals surface area contributed by atoms with Gasteiger partial charge in [0, 0.05) is 13.8 Å². The smallest absolute Gasteiger partial charge is 0.355 e. The summed E-state index contributed by atoms with van der Waals surface area (Å²) in [5.74, 6) is -1.89. The minimum absolute atomic E-state index is 0.137. The number of methoxy groups -OCH3 is 1. The molecule has 0 saturated carbocycles. The normalized spacial score (nSPS) is 10.7. The van der Waals surface area contributed by atoms with Crippen molar-refractivity contribution in [3.63, 3.8) is 0 Å². The Hall–Kier alpha value is -3.47. The van der Waals surface area contributed by atoms with Gasteiger partial charge in [-0.1, -0.05) is 66.7 Å². The number of allylic oxidation sites excluding steroid dienone is 2. The van der Waals surface area contributed by atoms with Crippen molar-refractivity contribution >= 4 is 23.4 Å². The van der Waals surface area contributed by atoms with Crippen molar-refractivity contribution in [2.45, 2.75) is 13.8 Å². The highest BCUT2D eigenvalue weighted by Crippen LogP contribution is 2.24. The van der Waals surface area contributed by atoms with E-state index in [0.717, 1.165) is 21.6 Å². The molecule has 0 aliphatic rings. The van der Waals surface area contributed by atoms with E-state index in [4.69, 9.17) is 4.74 Å². The van der Waals surface area contributed by atoms with E-state index < -0.39 is 17.8 Å². The van der Waals surface area contributed by atoms with Crippen molar-refractivity contribution in [3.05, 3.63) is 89.6 Å². The number of nitrogens with zero attached hydrogens (tertiary/aromatic N) is 1. The van der Waals surface area contributed by atoms with Crippen LogP contribution in [0.3, 0.4) is 0 Å². The van der Waals surface area contributed by atoms with Gasteiger partial charge >= 0.3 is 5.97 Å². The van der Waals surface area contributed by atoms with Gasteiger partial charge in [0.25, 0.3) is 0 Å². The molecule has 27 heavy (non-hydrogen) atoms. The van der Waals surface area contributed by atoms with Crippen molar-refractivity contribution in [1.29, 1.82) is 0 Å².